The van der Waals surface area contributed by atoms with Gasteiger partial charge in [-0.15, -0.1) is 0 Å². The lowest BCUT2D eigenvalue weighted by Gasteiger charge is -2.19. The van der Waals surface area contributed by atoms with Crippen molar-refractivity contribution in [3.8, 4) is 11.8 Å². The average molecular weight is 389 g/mol. The Morgan fingerprint density at radius 2 is 1.90 bits per heavy atom. The third-order valence-corrected chi connectivity index (χ3v) is 5.15. The van der Waals surface area contributed by atoms with E-state index in [0.29, 0.717) is 28.2 Å². The van der Waals surface area contributed by atoms with E-state index in [1.165, 1.54) is 18.3 Å². The van der Waals surface area contributed by atoms with Crippen LogP contribution in [0, 0.1) is 24.1 Å². The zero-order chi connectivity index (χ0) is 20.4. The smallest absolute Gasteiger partial charge is 0.259 e. The number of nitriles is 1. The first-order valence-corrected chi connectivity index (χ1v) is 9.48. The highest BCUT2D eigenvalue weighted by Crippen LogP contribution is 2.27. The van der Waals surface area contributed by atoms with E-state index in [-0.39, 0.29) is 11.7 Å². The fraction of sp³-hybridized carbons (Fsp3) is 0.227. The molecule has 7 heteroatoms. The fourth-order valence-electron chi connectivity index (χ4n) is 3.61. The Balaban J connectivity index is 1.55. The number of hydrogen-bond acceptors (Lipinski definition) is 4. The monoisotopic (exact) mass is 389 g/mol. The lowest BCUT2D eigenvalue weighted by atomic mass is 10.1. The van der Waals surface area contributed by atoms with Gasteiger partial charge in [0.25, 0.3) is 5.91 Å². The Hall–Kier alpha value is -3.66. The molecule has 2 heterocycles. The molecule has 1 saturated heterocycles. The van der Waals surface area contributed by atoms with E-state index in [1.54, 1.807) is 29.8 Å². The SMILES string of the molecule is Cc1c(C(=O)Nc2ccc(N3CCCC3)c(C#N)c2)cnn1-c1ccc(F)cc1. The molecule has 1 aliphatic rings. The Morgan fingerprint density at radius 1 is 1.17 bits per heavy atom. The van der Waals surface area contributed by atoms with E-state index in [1.807, 2.05) is 12.1 Å². The summed E-state index contributed by atoms with van der Waals surface area (Å²) in [7, 11) is 0. The van der Waals surface area contributed by atoms with Crippen molar-refractivity contribution in [2.45, 2.75) is 19.8 Å². The molecule has 0 bridgehead atoms. The predicted molar refractivity (Wildman–Crippen MR) is 109 cm³/mol. The largest absolute Gasteiger partial charge is 0.370 e. The van der Waals surface area contributed by atoms with Gasteiger partial charge in [0.1, 0.15) is 11.9 Å². The van der Waals surface area contributed by atoms with Crippen LogP contribution < -0.4 is 10.2 Å². The molecule has 0 unspecified atom stereocenters. The summed E-state index contributed by atoms with van der Waals surface area (Å²) >= 11 is 0. The van der Waals surface area contributed by atoms with Crippen LogP contribution in [0.15, 0.2) is 48.7 Å². The van der Waals surface area contributed by atoms with E-state index < -0.39 is 0 Å². The summed E-state index contributed by atoms with van der Waals surface area (Å²) in [5.74, 6) is -0.643. The van der Waals surface area contributed by atoms with E-state index in [2.05, 4.69) is 21.4 Å². The quantitative estimate of drug-likeness (QED) is 0.731. The second-order valence-electron chi connectivity index (χ2n) is 7.02. The Kier molecular flexibility index (Phi) is 5.00. The summed E-state index contributed by atoms with van der Waals surface area (Å²) in [4.78, 5) is 15.0. The highest BCUT2D eigenvalue weighted by molar-refractivity contribution is 6.05. The van der Waals surface area contributed by atoms with Crippen LogP contribution in [0.5, 0.6) is 0 Å². The maximum Gasteiger partial charge on any atom is 0.259 e. The van der Waals surface area contributed by atoms with Crippen molar-refractivity contribution in [3.63, 3.8) is 0 Å². The first-order chi connectivity index (χ1) is 14.1. The van der Waals surface area contributed by atoms with E-state index in [4.69, 9.17) is 0 Å². The van der Waals surface area contributed by atoms with Crippen LogP contribution in [0.3, 0.4) is 0 Å². The van der Waals surface area contributed by atoms with Crippen LogP contribution in [-0.4, -0.2) is 28.8 Å². The van der Waals surface area contributed by atoms with E-state index >= 15 is 0 Å². The number of nitrogens with one attached hydrogen (secondary N) is 1. The van der Waals surface area contributed by atoms with Crippen molar-refractivity contribution in [2.75, 3.05) is 23.3 Å². The lowest BCUT2D eigenvalue weighted by Crippen LogP contribution is -2.19. The predicted octanol–water partition coefficient (Wildman–Crippen LogP) is 4.04. The van der Waals surface area contributed by atoms with Crippen LogP contribution in [0.2, 0.25) is 0 Å². The molecule has 0 spiro atoms. The van der Waals surface area contributed by atoms with Crippen molar-refractivity contribution in [3.05, 3.63) is 71.3 Å². The molecule has 0 radical (unpaired) electrons. The number of carbonyl (C=O) groups is 1. The lowest BCUT2D eigenvalue weighted by molar-refractivity contribution is 0.102. The molecule has 0 aliphatic carbocycles. The van der Waals surface area contributed by atoms with Gasteiger partial charge in [-0.05, 0) is 62.2 Å². The number of hydrogen-bond donors (Lipinski definition) is 1. The first-order valence-electron chi connectivity index (χ1n) is 9.48. The molecule has 1 aliphatic heterocycles. The molecule has 1 amide bonds. The number of rotatable bonds is 4. The van der Waals surface area contributed by atoms with Crippen molar-refractivity contribution in [1.29, 1.82) is 5.26 Å². The molecule has 0 saturated carbocycles. The fourth-order valence-corrected chi connectivity index (χ4v) is 3.61. The van der Waals surface area contributed by atoms with Crippen LogP contribution in [0.4, 0.5) is 15.8 Å². The standard InChI is InChI=1S/C22H20FN5O/c1-15-20(14-25-28(15)19-7-4-17(23)5-8-19)22(29)26-18-6-9-21(16(12-18)13-24)27-10-2-3-11-27/h4-9,12,14H,2-3,10-11H2,1H3,(H,26,29). The molecule has 1 aromatic heterocycles. The second-order valence-corrected chi connectivity index (χ2v) is 7.02. The van der Waals surface area contributed by atoms with Gasteiger partial charge in [0, 0.05) is 18.8 Å². The number of halogens is 1. The molecule has 146 valence electrons. The Morgan fingerprint density at radius 3 is 2.59 bits per heavy atom. The van der Waals surface area contributed by atoms with Crippen molar-refractivity contribution >= 4 is 17.3 Å². The first kappa shape index (κ1) is 18.7. The molecule has 2 aromatic carbocycles. The van der Waals surface area contributed by atoms with Crippen LogP contribution in [0.25, 0.3) is 5.69 Å². The molecule has 3 aromatic rings. The number of amides is 1. The maximum absolute atomic E-state index is 13.1. The van der Waals surface area contributed by atoms with Gasteiger partial charge in [-0.25, -0.2) is 9.07 Å². The minimum Gasteiger partial charge on any atom is -0.370 e. The van der Waals surface area contributed by atoms with Crippen LogP contribution >= 0.6 is 0 Å². The second kappa shape index (κ2) is 7.76. The van der Waals surface area contributed by atoms with Gasteiger partial charge < -0.3 is 10.2 Å². The normalized spacial score (nSPS) is 13.3. The number of aromatic nitrogens is 2. The topological polar surface area (TPSA) is 74.0 Å². The van der Waals surface area contributed by atoms with E-state index in [0.717, 1.165) is 31.6 Å². The minimum atomic E-state index is -0.331. The molecular weight excluding hydrogens is 369 g/mol. The number of benzene rings is 2. The summed E-state index contributed by atoms with van der Waals surface area (Å²) in [6, 6.07) is 13.5. The number of carbonyl (C=O) groups excluding carboxylic acids is 1. The van der Waals surface area contributed by atoms with Gasteiger partial charge in [-0.3, -0.25) is 4.79 Å². The van der Waals surface area contributed by atoms with Gasteiger partial charge in [-0.1, -0.05) is 0 Å². The van der Waals surface area contributed by atoms with Crippen molar-refractivity contribution < 1.29 is 9.18 Å². The summed E-state index contributed by atoms with van der Waals surface area (Å²) < 4.78 is 14.7. The highest BCUT2D eigenvalue weighted by Gasteiger charge is 2.18. The van der Waals surface area contributed by atoms with Gasteiger partial charge in [0.2, 0.25) is 0 Å². The number of nitrogens with zero attached hydrogens (tertiary/aromatic N) is 4. The Labute approximate surface area is 168 Å². The minimum absolute atomic E-state index is 0.311. The summed E-state index contributed by atoms with van der Waals surface area (Å²) in [6.07, 6.45) is 3.74. The van der Waals surface area contributed by atoms with Gasteiger partial charge in [-0.2, -0.15) is 10.4 Å². The van der Waals surface area contributed by atoms with Crippen molar-refractivity contribution in [1.82, 2.24) is 9.78 Å². The summed E-state index contributed by atoms with van der Waals surface area (Å²) in [5.41, 5.74) is 3.74. The molecule has 6 nitrogen and oxygen atoms in total. The molecule has 1 fully saturated rings. The molecular formula is C22H20FN5O. The molecule has 29 heavy (non-hydrogen) atoms. The summed E-state index contributed by atoms with van der Waals surface area (Å²) in [5, 5.41) is 16.6. The zero-order valence-corrected chi connectivity index (χ0v) is 16.0. The molecule has 0 atom stereocenters. The summed E-state index contributed by atoms with van der Waals surface area (Å²) in [6.45, 7) is 3.67. The Bertz CT molecular complexity index is 1090. The molecule has 1 N–H and O–H groups in total. The average Bonchev–Trinajstić information content (AvgIpc) is 3.38. The highest BCUT2D eigenvalue weighted by atomic mass is 19.1. The third kappa shape index (κ3) is 3.69. The third-order valence-electron chi connectivity index (χ3n) is 5.15. The van der Waals surface area contributed by atoms with Crippen LogP contribution in [0.1, 0.15) is 34.5 Å². The van der Waals surface area contributed by atoms with Crippen molar-refractivity contribution in [2.24, 2.45) is 0 Å². The van der Waals surface area contributed by atoms with Gasteiger partial charge in [0.15, 0.2) is 0 Å². The van der Waals surface area contributed by atoms with Gasteiger partial charge >= 0.3 is 0 Å². The number of anilines is 2. The molecule has 4 rings (SSSR count). The zero-order valence-electron chi connectivity index (χ0n) is 16.0. The maximum atomic E-state index is 13.1. The van der Waals surface area contributed by atoms with Crippen LogP contribution in [-0.2, 0) is 0 Å². The van der Waals surface area contributed by atoms with Gasteiger partial charge in [0.05, 0.1) is 34.4 Å². The van der Waals surface area contributed by atoms with E-state index in [9.17, 15) is 14.4 Å².